The SMILES string of the molecule is CC(=O)OCc1nc2c(cc1Cc1ccc(F)cc1)N(C(=O)CN1CCN(C(=O)O)C(C)C1)[C@@H](C)CO2. The topological polar surface area (TPSA) is 113 Å². The van der Waals surface area contributed by atoms with E-state index in [9.17, 15) is 23.9 Å². The Balaban J connectivity index is 1.60. The molecule has 1 fully saturated rings. The molecule has 37 heavy (non-hydrogen) atoms. The van der Waals surface area contributed by atoms with Crippen LogP contribution in [0.2, 0.25) is 0 Å². The number of carbonyl (C=O) groups excluding carboxylic acids is 2. The molecule has 4 rings (SSSR count). The van der Waals surface area contributed by atoms with Crippen molar-refractivity contribution in [1.82, 2.24) is 14.8 Å². The number of aromatic nitrogens is 1. The summed E-state index contributed by atoms with van der Waals surface area (Å²) in [6.45, 7) is 6.60. The van der Waals surface area contributed by atoms with Gasteiger partial charge in [0.1, 0.15) is 24.7 Å². The van der Waals surface area contributed by atoms with Crippen LogP contribution in [0.3, 0.4) is 0 Å². The minimum atomic E-state index is -0.960. The molecule has 1 aromatic heterocycles. The molecule has 0 saturated carbocycles. The first-order valence-electron chi connectivity index (χ1n) is 12.2. The summed E-state index contributed by atoms with van der Waals surface area (Å²) < 4.78 is 24.5. The molecule has 2 aliphatic heterocycles. The minimum absolute atomic E-state index is 0.0578. The summed E-state index contributed by atoms with van der Waals surface area (Å²) >= 11 is 0. The van der Waals surface area contributed by atoms with Gasteiger partial charge in [-0.05, 0) is 49.6 Å². The summed E-state index contributed by atoms with van der Waals surface area (Å²) in [5, 5.41) is 9.33. The van der Waals surface area contributed by atoms with Crippen molar-refractivity contribution in [1.29, 1.82) is 0 Å². The van der Waals surface area contributed by atoms with Crippen molar-refractivity contribution in [3.63, 3.8) is 0 Å². The zero-order valence-corrected chi connectivity index (χ0v) is 21.1. The van der Waals surface area contributed by atoms with Gasteiger partial charge in [-0.15, -0.1) is 0 Å². The van der Waals surface area contributed by atoms with Gasteiger partial charge in [-0.3, -0.25) is 14.5 Å². The Labute approximate surface area is 214 Å². The number of hydrogen-bond acceptors (Lipinski definition) is 7. The Morgan fingerprint density at radius 3 is 2.54 bits per heavy atom. The Morgan fingerprint density at radius 2 is 1.89 bits per heavy atom. The van der Waals surface area contributed by atoms with Gasteiger partial charge in [0.15, 0.2) is 0 Å². The molecule has 1 aromatic carbocycles. The van der Waals surface area contributed by atoms with E-state index in [2.05, 4.69) is 4.98 Å². The molecule has 1 unspecified atom stereocenters. The second-order valence-electron chi connectivity index (χ2n) is 9.49. The molecule has 0 aliphatic carbocycles. The van der Waals surface area contributed by atoms with E-state index in [4.69, 9.17) is 9.47 Å². The number of halogens is 1. The molecule has 0 spiro atoms. The molecule has 0 radical (unpaired) electrons. The van der Waals surface area contributed by atoms with Crippen molar-refractivity contribution in [3.05, 3.63) is 53.0 Å². The maximum absolute atomic E-state index is 13.5. The van der Waals surface area contributed by atoms with E-state index in [1.807, 2.05) is 24.8 Å². The van der Waals surface area contributed by atoms with Gasteiger partial charge in [0.25, 0.3) is 0 Å². The average molecular weight is 515 g/mol. The fourth-order valence-corrected chi connectivity index (χ4v) is 4.73. The molecule has 1 N–H and O–H groups in total. The fraction of sp³-hybridized carbons (Fsp3) is 0.462. The minimum Gasteiger partial charge on any atom is -0.474 e. The van der Waals surface area contributed by atoms with Crippen LogP contribution in [0, 0.1) is 5.82 Å². The average Bonchev–Trinajstić information content (AvgIpc) is 2.83. The van der Waals surface area contributed by atoms with E-state index in [0.29, 0.717) is 37.4 Å². The fourth-order valence-electron chi connectivity index (χ4n) is 4.73. The molecule has 0 bridgehead atoms. The van der Waals surface area contributed by atoms with Crippen molar-refractivity contribution >= 4 is 23.7 Å². The Kier molecular flexibility index (Phi) is 7.91. The van der Waals surface area contributed by atoms with E-state index < -0.39 is 12.1 Å². The lowest BCUT2D eigenvalue weighted by Gasteiger charge is -2.40. The molecule has 10 nitrogen and oxygen atoms in total. The number of pyridine rings is 1. The molecular formula is C26H31FN4O6. The predicted molar refractivity (Wildman–Crippen MR) is 132 cm³/mol. The van der Waals surface area contributed by atoms with Crippen molar-refractivity contribution in [2.75, 3.05) is 37.7 Å². The van der Waals surface area contributed by atoms with Crippen LogP contribution in [-0.2, 0) is 27.4 Å². The largest absolute Gasteiger partial charge is 0.474 e. The van der Waals surface area contributed by atoms with Crippen molar-refractivity contribution < 1.29 is 33.4 Å². The number of hydrogen-bond donors (Lipinski definition) is 1. The van der Waals surface area contributed by atoms with E-state index >= 15 is 0 Å². The monoisotopic (exact) mass is 514 g/mol. The van der Waals surface area contributed by atoms with Gasteiger partial charge in [-0.2, -0.15) is 0 Å². The van der Waals surface area contributed by atoms with Crippen LogP contribution in [-0.4, -0.2) is 82.7 Å². The molecule has 2 atom stereocenters. The number of ether oxygens (including phenoxy) is 2. The third-order valence-electron chi connectivity index (χ3n) is 6.60. The molecule has 2 amide bonds. The summed E-state index contributed by atoms with van der Waals surface area (Å²) in [7, 11) is 0. The molecule has 198 valence electrons. The van der Waals surface area contributed by atoms with Gasteiger partial charge >= 0.3 is 12.1 Å². The first-order valence-corrected chi connectivity index (χ1v) is 12.2. The number of amides is 2. The van der Waals surface area contributed by atoms with Crippen LogP contribution in [0.5, 0.6) is 5.88 Å². The lowest BCUT2D eigenvalue weighted by atomic mass is 10.0. The Morgan fingerprint density at radius 1 is 1.16 bits per heavy atom. The van der Waals surface area contributed by atoms with Gasteiger partial charge in [0, 0.05) is 32.6 Å². The maximum atomic E-state index is 13.5. The number of anilines is 1. The second-order valence-corrected chi connectivity index (χ2v) is 9.49. The van der Waals surface area contributed by atoms with Crippen LogP contribution in [0.4, 0.5) is 14.9 Å². The predicted octanol–water partition coefficient (Wildman–Crippen LogP) is 2.67. The van der Waals surface area contributed by atoms with Crippen molar-refractivity contribution in [3.8, 4) is 5.88 Å². The maximum Gasteiger partial charge on any atom is 0.407 e. The smallest absolute Gasteiger partial charge is 0.407 e. The van der Waals surface area contributed by atoms with Gasteiger partial charge in [0.2, 0.25) is 11.8 Å². The van der Waals surface area contributed by atoms with Gasteiger partial charge < -0.3 is 24.4 Å². The highest BCUT2D eigenvalue weighted by molar-refractivity contribution is 5.97. The van der Waals surface area contributed by atoms with Crippen LogP contribution in [0.15, 0.2) is 30.3 Å². The highest BCUT2D eigenvalue weighted by Gasteiger charge is 2.34. The third-order valence-corrected chi connectivity index (χ3v) is 6.60. The molecule has 2 aliphatic rings. The quantitative estimate of drug-likeness (QED) is 0.586. The van der Waals surface area contributed by atoms with Crippen LogP contribution in [0.1, 0.15) is 37.6 Å². The Bertz CT molecular complexity index is 1170. The summed E-state index contributed by atoms with van der Waals surface area (Å²) in [5.74, 6) is -0.656. The van der Waals surface area contributed by atoms with Gasteiger partial charge in [0.05, 0.1) is 18.3 Å². The summed E-state index contributed by atoms with van der Waals surface area (Å²) in [5.41, 5.74) is 2.58. The van der Waals surface area contributed by atoms with Crippen LogP contribution < -0.4 is 9.64 Å². The van der Waals surface area contributed by atoms with E-state index in [1.54, 1.807) is 17.0 Å². The number of esters is 1. The summed E-state index contributed by atoms with van der Waals surface area (Å²) in [6.07, 6.45) is -0.569. The number of rotatable bonds is 6. The zero-order valence-electron chi connectivity index (χ0n) is 21.1. The first-order chi connectivity index (χ1) is 17.6. The molecule has 2 aromatic rings. The number of carbonyl (C=O) groups is 3. The van der Waals surface area contributed by atoms with E-state index in [0.717, 1.165) is 11.1 Å². The second kappa shape index (κ2) is 11.1. The highest BCUT2D eigenvalue weighted by atomic mass is 19.1. The van der Waals surface area contributed by atoms with Crippen molar-refractivity contribution in [2.45, 2.75) is 45.9 Å². The molecular weight excluding hydrogens is 483 g/mol. The standard InChI is InChI=1S/C26H31FN4O6/c1-16-12-29(8-9-30(16)26(34)35)13-24(33)31-17(2)14-37-25-23(31)11-20(22(28-25)15-36-18(3)32)10-19-4-6-21(27)7-5-19/h4-7,11,16-17H,8-10,12-15H2,1-3H3,(H,34,35)/t16?,17-/m0/s1. The van der Waals surface area contributed by atoms with Gasteiger partial charge in [-0.1, -0.05) is 12.1 Å². The number of carboxylic acid groups (broad SMARTS) is 1. The Hall–Kier alpha value is -3.73. The van der Waals surface area contributed by atoms with Gasteiger partial charge in [-0.25, -0.2) is 14.2 Å². The zero-order chi connectivity index (χ0) is 26.7. The molecule has 3 heterocycles. The van der Waals surface area contributed by atoms with Crippen molar-refractivity contribution in [2.24, 2.45) is 0 Å². The van der Waals surface area contributed by atoms with E-state index in [1.165, 1.54) is 24.0 Å². The van der Waals surface area contributed by atoms with Crippen LogP contribution in [0.25, 0.3) is 0 Å². The number of nitrogens with zero attached hydrogens (tertiary/aromatic N) is 4. The van der Waals surface area contributed by atoms with Crippen LogP contribution >= 0.6 is 0 Å². The van der Waals surface area contributed by atoms with E-state index in [-0.39, 0.29) is 49.4 Å². The lowest BCUT2D eigenvalue weighted by Crippen LogP contribution is -2.56. The number of piperazine rings is 1. The summed E-state index contributed by atoms with van der Waals surface area (Å²) in [4.78, 5) is 46.0. The number of fused-ring (bicyclic) bond motifs is 1. The molecule has 11 heteroatoms. The highest BCUT2D eigenvalue weighted by Crippen LogP contribution is 2.35. The third kappa shape index (κ3) is 6.16. The first kappa shape index (κ1) is 26.3. The molecule has 1 saturated heterocycles. The lowest BCUT2D eigenvalue weighted by molar-refractivity contribution is -0.142. The summed E-state index contributed by atoms with van der Waals surface area (Å²) in [6, 6.07) is 7.44. The normalized spacial score (nSPS) is 19.7. The number of benzene rings is 1.